The normalized spacial score (nSPS) is 25.5. The third-order valence-corrected chi connectivity index (χ3v) is 4.25. The van der Waals surface area contributed by atoms with Crippen molar-refractivity contribution >= 4 is 10.0 Å². The van der Waals surface area contributed by atoms with E-state index in [0.717, 1.165) is 0 Å². The van der Waals surface area contributed by atoms with Crippen LogP contribution in [0, 0.1) is 0 Å². The Morgan fingerprint density at radius 3 is 2.53 bits per heavy atom. The number of halogens is 3. The monoisotopic (exact) mass is 304 g/mol. The summed E-state index contributed by atoms with van der Waals surface area (Å²) in [5.41, 5.74) is 0. The van der Waals surface area contributed by atoms with Crippen LogP contribution in [0.15, 0.2) is 0 Å². The molecule has 0 bridgehead atoms. The molecular weight excluding hydrogens is 285 g/mol. The molecule has 2 unspecified atom stereocenters. The van der Waals surface area contributed by atoms with Gasteiger partial charge in [0, 0.05) is 19.2 Å². The van der Waals surface area contributed by atoms with Gasteiger partial charge in [-0.2, -0.15) is 13.2 Å². The molecule has 0 aromatic heterocycles. The lowest BCUT2D eigenvalue weighted by Gasteiger charge is -2.31. The van der Waals surface area contributed by atoms with Crippen molar-refractivity contribution in [3.63, 3.8) is 0 Å². The molecule has 1 aliphatic rings. The highest BCUT2D eigenvalue weighted by atomic mass is 32.2. The van der Waals surface area contributed by atoms with Gasteiger partial charge in [-0.25, -0.2) is 13.1 Å². The maximum atomic E-state index is 12.4. The minimum Gasteiger partial charge on any atom is -0.381 e. The molecule has 0 aromatic rings. The number of ether oxygens (including phenoxy) is 1. The predicted molar refractivity (Wildman–Crippen MR) is 64.3 cm³/mol. The fraction of sp³-hybridized carbons (Fsp3) is 1.00. The number of hydrogen-bond donors (Lipinski definition) is 2. The number of sulfonamides is 1. The van der Waals surface area contributed by atoms with Gasteiger partial charge in [0.15, 0.2) is 0 Å². The minimum atomic E-state index is -4.28. The van der Waals surface area contributed by atoms with E-state index in [2.05, 4.69) is 10.0 Å². The van der Waals surface area contributed by atoms with E-state index in [-0.39, 0.29) is 31.7 Å². The lowest BCUT2D eigenvalue weighted by Crippen LogP contribution is -2.54. The lowest BCUT2D eigenvalue weighted by atomic mass is 10.0. The maximum absolute atomic E-state index is 12.4. The number of rotatable bonds is 6. The first-order valence-electron chi connectivity index (χ1n) is 6.12. The van der Waals surface area contributed by atoms with E-state index in [9.17, 15) is 21.6 Å². The first-order chi connectivity index (χ1) is 8.74. The van der Waals surface area contributed by atoms with Crippen LogP contribution in [0.25, 0.3) is 0 Å². The molecule has 5 nitrogen and oxygen atoms in total. The molecule has 2 N–H and O–H groups in total. The van der Waals surface area contributed by atoms with Gasteiger partial charge in [0.05, 0.1) is 12.4 Å². The number of nitrogens with one attached hydrogen (secondary N) is 2. The molecule has 0 amide bonds. The molecule has 0 aromatic carbocycles. The van der Waals surface area contributed by atoms with Crippen molar-refractivity contribution in [3.8, 4) is 0 Å². The van der Waals surface area contributed by atoms with Crippen LogP contribution in [0.3, 0.4) is 0 Å². The van der Waals surface area contributed by atoms with Crippen molar-refractivity contribution in [2.75, 3.05) is 25.5 Å². The van der Waals surface area contributed by atoms with E-state index in [1.807, 2.05) is 0 Å². The van der Waals surface area contributed by atoms with Gasteiger partial charge in [0.1, 0.15) is 6.04 Å². The molecule has 1 aliphatic heterocycles. The molecule has 19 heavy (non-hydrogen) atoms. The molecule has 0 saturated carbocycles. The summed E-state index contributed by atoms with van der Waals surface area (Å²) in [6.45, 7) is 2.24. The zero-order valence-corrected chi connectivity index (χ0v) is 11.5. The minimum absolute atomic E-state index is 0.0158. The lowest BCUT2D eigenvalue weighted by molar-refractivity contribution is -0.160. The average Bonchev–Trinajstić information content (AvgIpc) is 2.28. The van der Waals surface area contributed by atoms with Crippen molar-refractivity contribution in [3.05, 3.63) is 0 Å². The van der Waals surface area contributed by atoms with Crippen LogP contribution in [0.5, 0.6) is 0 Å². The van der Waals surface area contributed by atoms with Gasteiger partial charge < -0.3 is 10.1 Å². The quantitative estimate of drug-likeness (QED) is 0.706. The van der Waals surface area contributed by atoms with Crippen molar-refractivity contribution < 1.29 is 26.3 Å². The molecule has 1 heterocycles. The maximum Gasteiger partial charge on any atom is 0.403 e. The standard InChI is InChI=1S/C10H19F3N2O3S/c1-2-18-5-6-19(16,17)15-8-3-4-9(14-7-8)10(11,12)13/h8-9,14-15H,2-7H2,1H3. The van der Waals surface area contributed by atoms with Gasteiger partial charge in [0.25, 0.3) is 0 Å². The summed E-state index contributed by atoms with van der Waals surface area (Å²) in [6.07, 6.45) is -4.23. The predicted octanol–water partition coefficient (Wildman–Crippen LogP) is 0.625. The van der Waals surface area contributed by atoms with E-state index in [1.165, 1.54) is 0 Å². The van der Waals surface area contributed by atoms with E-state index in [4.69, 9.17) is 4.74 Å². The van der Waals surface area contributed by atoms with Gasteiger partial charge in [-0.1, -0.05) is 0 Å². The first-order valence-corrected chi connectivity index (χ1v) is 7.77. The number of alkyl halides is 3. The molecule has 1 rings (SSSR count). The van der Waals surface area contributed by atoms with Crippen LogP contribution >= 0.6 is 0 Å². The molecule has 1 saturated heterocycles. The Balaban J connectivity index is 2.36. The topological polar surface area (TPSA) is 67.4 Å². The van der Waals surface area contributed by atoms with Gasteiger partial charge >= 0.3 is 6.18 Å². The fourth-order valence-electron chi connectivity index (χ4n) is 1.86. The van der Waals surface area contributed by atoms with E-state index in [0.29, 0.717) is 6.61 Å². The Hall–Kier alpha value is -0.380. The van der Waals surface area contributed by atoms with Crippen LogP contribution in [0.4, 0.5) is 13.2 Å². The Labute approximate surface area is 110 Å². The Morgan fingerprint density at radius 1 is 1.37 bits per heavy atom. The molecule has 0 aliphatic carbocycles. The summed E-state index contributed by atoms with van der Waals surface area (Å²) in [4.78, 5) is 0. The summed E-state index contributed by atoms with van der Waals surface area (Å²) in [5.74, 6) is -0.181. The molecule has 1 fully saturated rings. The third kappa shape index (κ3) is 6.07. The zero-order valence-electron chi connectivity index (χ0n) is 10.7. The van der Waals surface area contributed by atoms with Crippen molar-refractivity contribution in [1.29, 1.82) is 0 Å². The van der Waals surface area contributed by atoms with Crippen molar-refractivity contribution in [2.45, 2.75) is 38.0 Å². The molecule has 0 spiro atoms. The SMILES string of the molecule is CCOCCS(=O)(=O)NC1CCC(C(F)(F)F)NC1. The highest BCUT2D eigenvalue weighted by molar-refractivity contribution is 7.89. The second kappa shape index (κ2) is 6.87. The third-order valence-electron chi connectivity index (χ3n) is 2.86. The molecule has 9 heteroatoms. The fourth-order valence-corrected chi connectivity index (χ4v) is 3.03. The smallest absolute Gasteiger partial charge is 0.381 e. The zero-order chi connectivity index (χ0) is 14.5. The largest absolute Gasteiger partial charge is 0.403 e. The van der Waals surface area contributed by atoms with Crippen molar-refractivity contribution in [1.82, 2.24) is 10.0 Å². The van der Waals surface area contributed by atoms with Gasteiger partial charge in [-0.05, 0) is 19.8 Å². The second-order valence-electron chi connectivity index (χ2n) is 4.41. The van der Waals surface area contributed by atoms with E-state index in [1.54, 1.807) is 6.92 Å². The Bertz CT molecular complexity index is 365. The van der Waals surface area contributed by atoms with Crippen LogP contribution in [0.1, 0.15) is 19.8 Å². The van der Waals surface area contributed by atoms with Crippen molar-refractivity contribution in [2.24, 2.45) is 0 Å². The highest BCUT2D eigenvalue weighted by Gasteiger charge is 2.41. The second-order valence-corrected chi connectivity index (χ2v) is 6.28. The first kappa shape index (κ1) is 16.7. The summed E-state index contributed by atoms with van der Waals surface area (Å²) >= 11 is 0. The van der Waals surface area contributed by atoms with Gasteiger partial charge in [-0.15, -0.1) is 0 Å². The van der Waals surface area contributed by atoms with Crippen LogP contribution in [-0.4, -0.2) is 52.2 Å². The Kier molecular flexibility index (Phi) is 6.03. The summed E-state index contributed by atoms with van der Waals surface area (Å²) in [6, 6.07) is -2.04. The summed E-state index contributed by atoms with van der Waals surface area (Å²) in [7, 11) is -3.50. The highest BCUT2D eigenvalue weighted by Crippen LogP contribution is 2.26. The molecule has 114 valence electrons. The number of hydrogen-bond acceptors (Lipinski definition) is 4. The summed E-state index contributed by atoms with van der Waals surface area (Å²) < 4.78 is 67.7. The van der Waals surface area contributed by atoms with E-state index < -0.39 is 28.3 Å². The van der Waals surface area contributed by atoms with Gasteiger partial charge in [-0.3, -0.25) is 0 Å². The number of piperidine rings is 1. The molecule has 2 atom stereocenters. The molecule has 0 radical (unpaired) electrons. The average molecular weight is 304 g/mol. The molecular formula is C10H19F3N2O3S. The van der Waals surface area contributed by atoms with E-state index >= 15 is 0 Å². The summed E-state index contributed by atoms with van der Waals surface area (Å²) in [5, 5.41) is 2.32. The van der Waals surface area contributed by atoms with Crippen LogP contribution < -0.4 is 10.0 Å². The van der Waals surface area contributed by atoms with Crippen LogP contribution in [0.2, 0.25) is 0 Å². The van der Waals surface area contributed by atoms with Gasteiger partial charge in [0.2, 0.25) is 10.0 Å². The van der Waals surface area contributed by atoms with Crippen LogP contribution in [-0.2, 0) is 14.8 Å². The Morgan fingerprint density at radius 2 is 2.05 bits per heavy atom.